The van der Waals surface area contributed by atoms with Crippen LogP contribution in [0.1, 0.15) is 90.3 Å². The van der Waals surface area contributed by atoms with Crippen molar-refractivity contribution < 1.29 is 68.4 Å². The minimum absolute atomic E-state index is 0.0530. The molecular formula is C57H83N13O14. The van der Waals surface area contributed by atoms with Crippen molar-refractivity contribution >= 4 is 65.1 Å². The summed E-state index contributed by atoms with van der Waals surface area (Å²) in [7, 11) is 0. The van der Waals surface area contributed by atoms with Crippen LogP contribution >= 0.6 is 0 Å². The number of rotatable bonds is 35. The number of phenolic OH excluding ortho intramolecular Hbond substituents is 2. The fraction of sp³-hybridized carbons (Fsp3) is 0.491. The molecule has 3 aromatic rings. The highest BCUT2D eigenvalue weighted by Crippen LogP contribution is 2.17. The lowest BCUT2D eigenvalue weighted by molar-refractivity contribution is -0.143. The first-order valence-electron chi connectivity index (χ1n) is 27.6. The van der Waals surface area contributed by atoms with Crippen LogP contribution in [-0.4, -0.2) is 153 Å². The molecule has 0 spiro atoms. The Balaban J connectivity index is 1.87. The van der Waals surface area contributed by atoms with Crippen LogP contribution in [0.3, 0.4) is 0 Å². The van der Waals surface area contributed by atoms with Crippen molar-refractivity contribution in [2.45, 2.75) is 147 Å². The van der Waals surface area contributed by atoms with Gasteiger partial charge in [0.15, 0.2) is 5.96 Å². The van der Waals surface area contributed by atoms with Gasteiger partial charge in [-0.3, -0.25) is 48.1 Å². The molecule has 0 heterocycles. The second-order valence-corrected chi connectivity index (χ2v) is 21.3. The number of primary amides is 1. The van der Waals surface area contributed by atoms with Gasteiger partial charge < -0.3 is 85.9 Å². The van der Waals surface area contributed by atoms with E-state index in [1.54, 1.807) is 71.9 Å². The number of aliphatic carboxylic acids is 1. The van der Waals surface area contributed by atoms with Crippen LogP contribution in [0.4, 0.5) is 0 Å². The Morgan fingerprint density at radius 1 is 0.512 bits per heavy atom. The predicted octanol–water partition coefficient (Wildman–Crippen LogP) is -1.91. The van der Waals surface area contributed by atoms with E-state index in [-0.39, 0.29) is 68.4 Å². The summed E-state index contributed by atoms with van der Waals surface area (Å²) in [6.45, 7) is 9.05. The molecule has 0 aromatic heterocycles. The van der Waals surface area contributed by atoms with E-state index in [1.165, 1.54) is 48.5 Å². The number of aliphatic hydroxyl groups excluding tert-OH is 1. The number of phenols is 2. The second kappa shape index (κ2) is 34.6. The lowest BCUT2D eigenvalue weighted by atomic mass is 9.96. The monoisotopic (exact) mass is 1170 g/mol. The lowest BCUT2D eigenvalue weighted by Crippen LogP contribution is -2.62. The van der Waals surface area contributed by atoms with Gasteiger partial charge in [-0.15, -0.1) is 0 Å². The Morgan fingerprint density at radius 2 is 0.917 bits per heavy atom. The van der Waals surface area contributed by atoms with Gasteiger partial charge in [-0.2, -0.15) is 0 Å². The number of hydrogen-bond donors (Lipinski definition) is 16. The number of carboxylic acids is 1. The van der Waals surface area contributed by atoms with E-state index in [0.717, 1.165) is 0 Å². The van der Waals surface area contributed by atoms with E-state index in [0.29, 0.717) is 23.1 Å². The van der Waals surface area contributed by atoms with E-state index in [1.807, 2.05) is 0 Å². The van der Waals surface area contributed by atoms with Crippen molar-refractivity contribution in [1.29, 1.82) is 0 Å². The molecule has 0 fully saturated rings. The largest absolute Gasteiger partial charge is 0.508 e. The van der Waals surface area contributed by atoms with Crippen LogP contribution in [0.25, 0.3) is 0 Å². The number of aliphatic imine (C=N–C) groups is 1. The Morgan fingerprint density at radius 3 is 1.37 bits per heavy atom. The molecule has 0 unspecified atom stereocenters. The smallest absolute Gasteiger partial charge is 0.326 e. The van der Waals surface area contributed by atoms with Gasteiger partial charge in [0.2, 0.25) is 53.2 Å². The molecule has 27 heteroatoms. The first-order chi connectivity index (χ1) is 39.6. The molecule has 0 radical (unpaired) electrons. The highest BCUT2D eigenvalue weighted by atomic mass is 16.4. The summed E-state index contributed by atoms with van der Waals surface area (Å²) in [6.07, 6.45) is -0.464. The van der Waals surface area contributed by atoms with Crippen LogP contribution in [0.2, 0.25) is 0 Å². The fourth-order valence-electron chi connectivity index (χ4n) is 8.52. The van der Waals surface area contributed by atoms with Crippen LogP contribution < -0.4 is 65.5 Å². The van der Waals surface area contributed by atoms with Crippen LogP contribution in [0.15, 0.2) is 83.9 Å². The number of aromatic hydroxyl groups is 2. The van der Waals surface area contributed by atoms with Gasteiger partial charge in [-0.05, 0) is 78.0 Å². The molecule has 0 saturated carbocycles. The number of nitrogens with one attached hydrogen (secondary N) is 8. The number of benzene rings is 3. The maximum atomic E-state index is 14.4. The van der Waals surface area contributed by atoms with Crippen LogP contribution in [0.5, 0.6) is 11.5 Å². The number of carboxylic acid groups (broad SMARTS) is 1. The van der Waals surface area contributed by atoms with Gasteiger partial charge in [0.05, 0.1) is 19.1 Å². The lowest BCUT2D eigenvalue weighted by Gasteiger charge is -2.29. The number of aliphatic hydroxyl groups is 1. The molecule has 0 aliphatic heterocycles. The molecule has 27 nitrogen and oxygen atoms in total. The minimum Gasteiger partial charge on any atom is -0.508 e. The summed E-state index contributed by atoms with van der Waals surface area (Å²) in [6, 6.07) is 6.94. The summed E-state index contributed by atoms with van der Waals surface area (Å²) in [5, 5.41) is 60.3. The number of carbonyl (C=O) groups excluding carboxylic acids is 9. The molecule has 10 atom stereocenters. The van der Waals surface area contributed by atoms with E-state index in [4.69, 9.17) is 22.9 Å². The SMILES string of the molecule is CC[C@H](C)[C@H](NC(=O)[C@H](CC(N)=O)NC(=O)[C@H](CO)NC(=O)[C@@H](NC(=O)[C@H](Cc1ccccc1)NC(=O)[C@H](Cc1ccc(O)cc1)NC(=O)[C@@H](N)CCCN=C(N)N)C(C)C)C(=O)N[C@@H](Cc1ccc(O)cc1)C(=O)N[C@@H](CC(C)C)C(=O)O. The van der Waals surface area contributed by atoms with Gasteiger partial charge in [0, 0.05) is 25.8 Å². The number of hydrogen-bond acceptors (Lipinski definition) is 15. The number of amides is 9. The first kappa shape index (κ1) is 69.4. The highest BCUT2D eigenvalue weighted by molar-refractivity contribution is 5.99. The zero-order valence-corrected chi connectivity index (χ0v) is 48.1. The van der Waals surface area contributed by atoms with Crippen molar-refractivity contribution in [3.05, 3.63) is 95.6 Å². The molecule has 0 saturated heterocycles. The third-order valence-electron chi connectivity index (χ3n) is 13.5. The van der Waals surface area contributed by atoms with E-state index in [2.05, 4.69) is 47.5 Å². The average molecular weight is 1170 g/mol. The Hall–Kier alpha value is -8.85. The third-order valence-corrected chi connectivity index (χ3v) is 13.5. The summed E-state index contributed by atoms with van der Waals surface area (Å²) in [5.41, 5.74) is 24.0. The summed E-state index contributed by atoms with van der Waals surface area (Å²) in [5.74, 6) is -11.7. The molecule has 9 amide bonds. The van der Waals surface area contributed by atoms with E-state index < -0.39 is 138 Å². The minimum atomic E-state index is -1.83. The van der Waals surface area contributed by atoms with Gasteiger partial charge >= 0.3 is 5.97 Å². The number of nitrogens with zero attached hydrogens (tertiary/aromatic N) is 1. The van der Waals surface area contributed by atoms with Gasteiger partial charge in [0.1, 0.15) is 59.8 Å². The summed E-state index contributed by atoms with van der Waals surface area (Å²) >= 11 is 0. The Labute approximate surface area is 487 Å². The molecule has 20 N–H and O–H groups in total. The van der Waals surface area contributed by atoms with Crippen LogP contribution in [-0.2, 0) is 67.2 Å². The normalized spacial score (nSPS) is 14.7. The topological polar surface area (TPSA) is 464 Å². The van der Waals surface area contributed by atoms with Crippen molar-refractivity contribution in [2.75, 3.05) is 13.2 Å². The maximum Gasteiger partial charge on any atom is 0.326 e. The van der Waals surface area contributed by atoms with Crippen molar-refractivity contribution in [1.82, 2.24) is 42.5 Å². The van der Waals surface area contributed by atoms with Crippen molar-refractivity contribution in [2.24, 2.45) is 45.7 Å². The molecular weight excluding hydrogens is 1090 g/mol. The van der Waals surface area contributed by atoms with E-state index >= 15 is 0 Å². The van der Waals surface area contributed by atoms with Gasteiger partial charge in [-0.1, -0.05) is 103 Å². The van der Waals surface area contributed by atoms with Crippen molar-refractivity contribution in [3.63, 3.8) is 0 Å². The summed E-state index contributed by atoms with van der Waals surface area (Å²) < 4.78 is 0. The number of guanidine groups is 1. The molecule has 460 valence electrons. The molecule has 0 aliphatic carbocycles. The van der Waals surface area contributed by atoms with Crippen LogP contribution in [0, 0.1) is 17.8 Å². The number of carbonyl (C=O) groups is 10. The molecule has 3 aromatic carbocycles. The average Bonchev–Trinajstić information content (AvgIpc) is 3.57. The predicted molar refractivity (Wildman–Crippen MR) is 309 cm³/mol. The third kappa shape index (κ3) is 23.9. The molecule has 0 bridgehead atoms. The van der Waals surface area contributed by atoms with E-state index in [9.17, 15) is 68.4 Å². The Bertz CT molecular complexity index is 2730. The molecule has 0 aliphatic rings. The standard InChI is InChI=1S/C57H83N13O14/c1-7-32(6)47(55(82)66-40(27-35-17-21-37(73)22-18-35)50(77)67-43(56(83)84)24-30(2)3)70-52(79)42(28-45(59)74)65-53(80)44(29-71)68-54(81)46(31(4)5)69-51(78)41(25-33-12-9-8-10-13-33)64-49(76)39(26-34-15-19-36(72)20-16-34)63-48(75)38(58)14-11-23-62-57(60)61/h8-10,12-13,15-22,30-32,38-44,46-47,71-73H,7,11,14,23-29,58H2,1-6H3,(H2,59,74)(H,63,75)(H,64,76)(H,65,80)(H,66,82)(H,67,77)(H,68,81)(H,69,78)(H,70,79)(H,83,84)(H4,60,61,62)/t32-,38-,39-,40-,41-,42-,43-,44-,46-,47-/m0/s1. The maximum absolute atomic E-state index is 14.4. The zero-order chi connectivity index (χ0) is 62.8. The van der Waals surface area contributed by atoms with Gasteiger partial charge in [-0.25, -0.2) is 4.79 Å². The number of nitrogens with two attached hydrogens (primary N) is 4. The highest BCUT2D eigenvalue weighted by Gasteiger charge is 2.37. The molecule has 84 heavy (non-hydrogen) atoms. The second-order valence-electron chi connectivity index (χ2n) is 21.3. The fourth-order valence-corrected chi connectivity index (χ4v) is 8.52. The summed E-state index contributed by atoms with van der Waals surface area (Å²) in [4.78, 5) is 140. The molecule has 3 rings (SSSR count). The quantitative estimate of drug-likeness (QED) is 0.0173. The first-order valence-corrected chi connectivity index (χ1v) is 27.6. The van der Waals surface area contributed by atoms with Gasteiger partial charge in [0.25, 0.3) is 0 Å². The Kier molecular flexibility index (Phi) is 28.6. The van der Waals surface area contributed by atoms with Crippen molar-refractivity contribution in [3.8, 4) is 11.5 Å². The zero-order valence-electron chi connectivity index (χ0n) is 48.1.